The van der Waals surface area contributed by atoms with Gasteiger partial charge in [-0.1, -0.05) is 31.9 Å². The minimum Gasteiger partial charge on any atom is -0.381 e. The van der Waals surface area contributed by atoms with E-state index in [-0.39, 0.29) is 27.7 Å². The standard InChI is InChI=1S/C13H9Br2F7O2S/c14-7-3-8(15)10(6-1-2-24-5-6)9(4-7)25(23)13(21,22)11(16,17)12(18,19)20/h3-4,6H,1-2,5H2. The summed E-state index contributed by atoms with van der Waals surface area (Å²) in [4.78, 5) is -0.800. The van der Waals surface area contributed by atoms with Gasteiger partial charge >= 0.3 is 17.4 Å². The molecule has 2 unspecified atom stereocenters. The van der Waals surface area contributed by atoms with Crippen LogP contribution in [0.1, 0.15) is 17.9 Å². The van der Waals surface area contributed by atoms with Gasteiger partial charge in [-0.25, -0.2) is 4.21 Å². The van der Waals surface area contributed by atoms with Gasteiger partial charge in [-0.3, -0.25) is 0 Å². The molecule has 0 bridgehead atoms. The van der Waals surface area contributed by atoms with Crippen molar-refractivity contribution in [3.8, 4) is 0 Å². The molecule has 2 atom stereocenters. The summed E-state index contributed by atoms with van der Waals surface area (Å²) in [7, 11) is -3.96. The van der Waals surface area contributed by atoms with Crippen molar-refractivity contribution >= 4 is 42.7 Å². The summed E-state index contributed by atoms with van der Waals surface area (Å²) < 4.78 is 109. The van der Waals surface area contributed by atoms with E-state index >= 15 is 0 Å². The van der Waals surface area contributed by atoms with Gasteiger partial charge in [0.1, 0.15) is 10.8 Å². The highest BCUT2D eigenvalue weighted by Gasteiger charge is 2.76. The summed E-state index contributed by atoms with van der Waals surface area (Å²) in [6.07, 6.45) is -6.22. The molecule has 25 heavy (non-hydrogen) atoms. The third-order valence-corrected chi connectivity index (χ3v) is 6.12. The first-order chi connectivity index (χ1) is 11.3. The van der Waals surface area contributed by atoms with Gasteiger partial charge in [-0.05, 0) is 24.1 Å². The van der Waals surface area contributed by atoms with Crippen LogP contribution < -0.4 is 0 Å². The minimum absolute atomic E-state index is 0.0308. The molecule has 1 saturated heterocycles. The Kier molecular flexibility index (Phi) is 5.98. The highest BCUT2D eigenvalue weighted by Crippen LogP contribution is 2.51. The number of ether oxygens (including phenoxy) is 1. The number of halogens is 9. The maximum absolute atomic E-state index is 13.9. The highest BCUT2D eigenvalue weighted by atomic mass is 79.9. The monoisotopic (exact) mass is 520 g/mol. The minimum atomic E-state index is -6.55. The van der Waals surface area contributed by atoms with Crippen molar-refractivity contribution in [2.24, 2.45) is 0 Å². The number of benzene rings is 1. The largest absolute Gasteiger partial charge is 0.461 e. The SMILES string of the molecule is O=S(c1cc(Br)cc(Br)c1C1CCOC1)C(F)(F)C(F)(F)C(F)(F)F. The zero-order valence-electron chi connectivity index (χ0n) is 12.0. The van der Waals surface area contributed by atoms with Crippen molar-refractivity contribution in [2.75, 3.05) is 13.2 Å². The fourth-order valence-corrected chi connectivity index (χ4v) is 5.46. The van der Waals surface area contributed by atoms with Crippen molar-refractivity contribution in [1.82, 2.24) is 0 Å². The Morgan fingerprint density at radius 3 is 2.16 bits per heavy atom. The van der Waals surface area contributed by atoms with Crippen molar-refractivity contribution in [3.05, 3.63) is 26.6 Å². The lowest BCUT2D eigenvalue weighted by Crippen LogP contribution is -2.54. The van der Waals surface area contributed by atoms with Crippen LogP contribution in [0.15, 0.2) is 26.0 Å². The average molecular weight is 522 g/mol. The molecule has 1 fully saturated rings. The first-order valence-corrected chi connectivity index (χ1v) is 9.35. The Morgan fingerprint density at radius 2 is 1.68 bits per heavy atom. The Labute approximate surface area is 156 Å². The van der Waals surface area contributed by atoms with Gasteiger partial charge in [0.05, 0.1) is 11.5 Å². The van der Waals surface area contributed by atoms with E-state index in [0.717, 1.165) is 6.07 Å². The lowest BCUT2D eigenvalue weighted by atomic mass is 9.99. The molecule has 2 rings (SSSR count). The molecule has 1 aliphatic rings. The normalized spacial score (nSPS) is 20.8. The van der Waals surface area contributed by atoms with E-state index in [1.807, 2.05) is 0 Å². The fraction of sp³-hybridized carbons (Fsp3) is 0.538. The Balaban J connectivity index is 2.59. The molecule has 2 nitrogen and oxygen atoms in total. The molecule has 0 aromatic heterocycles. The van der Waals surface area contributed by atoms with Crippen molar-refractivity contribution < 1.29 is 39.7 Å². The second-order valence-corrected chi connectivity index (χ2v) is 8.48. The summed E-state index contributed by atoms with van der Waals surface area (Å²) in [5.41, 5.74) is -0.0308. The first kappa shape index (κ1) is 21.1. The predicted octanol–water partition coefficient (Wildman–Crippen LogP) is 5.61. The molecule has 1 aromatic rings. The first-order valence-electron chi connectivity index (χ1n) is 6.61. The van der Waals surface area contributed by atoms with Gasteiger partial charge in [-0.2, -0.15) is 30.7 Å². The second kappa shape index (κ2) is 7.08. The molecule has 12 heteroatoms. The van der Waals surface area contributed by atoms with Crippen LogP contribution in [0.2, 0.25) is 0 Å². The third kappa shape index (κ3) is 3.77. The summed E-state index contributed by atoms with van der Waals surface area (Å²) >= 11 is 5.99. The Bertz CT molecular complexity index is 688. The third-order valence-electron chi connectivity index (χ3n) is 3.55. The summed E-state index contributed by atoms with van der Waals surface area (Å²) in [5, 5.41) is -5.85. The Hall–Kier alpha value is -0.200. The van der Waals surface area contributed by atoms with Crippen molar-refractivity contribution in [1.29, 1.82) is 0 Å². The Morgan fingerprint density at radius 1 is 1.08 bits per heavy atom. The maximum Gasteiger partial charge on any atom is 0.461 e. The molecule has 0 aliphatic carbocycles. The highest BCUT2D eigenvalue weighted by molar-refractivity contribution is 9.11. The number of hydrogen-bond acceptors (Lipinski definition) is 2. The van der Waals surface area contributed by atoms with Crippen LogP contribution in [0.4, 0.5) is 30.7 Å². The number of rotatable bonds is 4. The van der Waals surface area contributed by atoms with Gasteiger partial charge in [0.2, 0.25) is 0 Å². The molecule has 0 amide bonds. The van der Waals surface area contributed by atoms with E-state index in [0.29, 0.717) is 6.42 Å². The molecule has 0 saturated carbocycles. The number of alkyl halides is 7. The molecule has 1 aromatic carbocycles. The predicted molar refractivity (Wildman–Crippen MR) is 82.4 cm³/mol. The summed E-state index contributed by atoms with van der Waals surface area (Å²) in [6.45, 7) is 0.306. The van der Waals surface area contributed by atoms with Crippen molar-refractivity contribution in [2.45, 2.75) is 34.6 Å². The zero-order valence-corrected chi connectivity index (χ0v) is 16.0. The quantitative estimate of drug-likeness (QED) is 0.481. The van der Waals surface area contributed by atoms with Gasteiger partial charge in [0, 0.05) is 21.5 Å². The molecule has 0 N–H and O–H groups in total. The van der Waals surface area contributed by atoms with Crippen molar-refractivity contribution in [3.63, 3.8) is 0 Å². The van der Waals surface area contributed by atoms with Gasteiger partial charge in [-0.15, -0.1) is 0 Å². The van der Waals surface area contributed by atoms with Crippen LogP contribution in [-0.4, -0.2) is 34.8 Å². The maximum atomic E-state index is 13.9. The molecule has 0 spiro atoms. The second-order valence-electron chi connectivity index (χ2n) is 5.22. The van der Waals surface area contributed by atoms with Crippen LogP contribution in [0.3, 0.4) is 0 Å². The van der Waals surface area contributed by atoms with Gasteiger partial charge < -0.3 is 4.74 Å². The topological polar surface area (TPSA) is 26.3 Å². The van der Waals surface area contributed by atoms with Gasteiger partial charge in [0.25, 0.3) is 0 Å². The van der Waals surface area contributed by atoms with Crippen LogP contribution in [0, 0.1) is 0 Å². The lowest BCUT2D eigenvalue weighted by molar-refractivity contribution is -0.331. The molecule has 0 radical (unpaired) electrons. The van der Waals surface area contributed by atoms with Gasteiger partial charge in [0.15, 0.2) is 0 Å². The summed E-state index contributed by atoms with van der Waals surface area (Å²) in [5.74, 6) is -7.01. The molecule has 1 heterocycles. The summed E-state index contributed by atoms with van der Waals surface area (Å²) in [6, 6.07) is 2.25. The van der Waals surface area contributed by atoms with Crippen LogP contribution in [-0.2, 0) is 15.5 Å². The zero-order chi connectivity index (χ0) is 19.2. The van der Waals surface area contributed by atoms with E-state index in [1.165, 1.54) is 6.07 Å². The molecule has 142 valence electrons. The van der Waals surface area contributed by atoms with E-state index in [9.17, 15) is 34.9 Å². The fourth-order valence-electron chi connectivity index (χ4n) is 2.29. The van der Waals surface area contributed by atoms with E-state index in [2.05, 4.69) is 31.9 Å². The van der Waals surface area contributed by atoms with E-state index < -0.39 is 39.0 Å². The smallest absolute Gasteiger partial charge is 0.381 e. The van der Waals surface area contributed by atoms with Crippen LogP contribution in [0.5, 0.6) is 0 Å². The lowest BCUT2D eigenvalue weighted by Gasteiger charge is -2.28. The van der Waals surface area contributed by atoms with Crippen LogP contribution >= 0.6 is 31.9 Å². The van der Waals surface area contributed by atoms with E-state index in [4.69, 9.17) is 4.74 Å². The van der Waals surface area contributed by atoms with E-state index in [1.54, 1.807) is 0 Å². The average Bonchev–Trinajstić information content (AvgIpc) is 2.97. The number of hydrogen-bond donors (Lipinski definition) is 0. The van der Waals surface area contributed by atoms with Crippen LogP contribution in [0.25, 0.3) is 0 Å². The molecular weight excluding hydrogens is 513 g/mol. The molecule has 1 aliphatic heterocycles. The molecular formula is C13H9Br2F7O2S.